The van der Waals surface area contributed by atoms with E-state index in [-0.39, 0.29) is 5.97 Å². The lowest BCUT2D eigenvalue weighted by atomic mass is 10.1. The number of carbonyl (C=O) groups excluding carboxylic acids is 1. The van der Waals surface area contributed by atoms with Crippen LogP contribution in [0, 0.1) is 17.8 Å². The summed E-state index contributed by atoms with van der Waals surface area (Å²) in [5.41, 5.74) is 0. The third-order valence-corrected chi connectivity index (χ3v) is 4.87. The first-order valence-electron chi connectivity index (χ1n) is 8.98. The Labute approximate surface area is 130 Å². The van der Waals surface area contributed by atoms with Gasteiger partial charge in [0.15, 0.2) is 0 Å². The lowest BCUT2D eigenvalue weighted by Crippen LogP contribution is -2.05. The van der Waals surface area contributed by atoms with E-state index in [2.05, 4.69) is 23.6 Å². The Balaban J connectivity index is 2.27. The molecule has 0 amide bonds. The maximum atomic E-state index is 11.6. The first kappa shape index (κ1) is 18.5. The Morgan fingerprint density at radius 1 is 0.810 bits per heavy atom. The standard InChI is InChI=1S/C18H34O3/c1-4-6-8-10-12-15-16(13-11-9-7-5-2)17(15)14-18(19)21-20-3/h15-17H,4-14H2,1-3H3. The number of unbranched alkanes of at least 4 members (excludes halogenated alkanes) is 6. The Bertz CT molecular complexity index is 260. The number of carbonyl (C=O) groups is 1. The van der Waals surface area contributed by atoms with Crippen LogP contribution in [-0.4, -0.2) is 13.1 Å². The highest BCUT2D eigenvalue weighted by Gasteiger charge is 2.49. The molecule has 21 heavy (non-hydrogen) atoms. The normalized spacial score (nSPS) is 24.0. The van der Waals surface area contributed by atoms with Crippen molar-refractivity contribution in [1.29, 1.82) is 0 Å². The highest BCUT2D eigenvalue weighted by molar-refractivity contribution is 5.69. The first-order valence-corrected chi connectivity index (χ1v) is 8.98. The fourth-order valence-corrected chi connectivity index (χ4v) is 3.62. The second-order valence-corrected chi connectivity index (χ2v) is 6.52. The van der Waals surface area contributed by atoms with Gasteiger partial charge in [-0.15, -0.1) is 0 Å². The molecule has 0 aromatic rings. The topological polar surface area (TPSA) is 35.5 Å². The zero-order valence-electron chi connectivity index (χ0n) is 14.2. The third kappa shape index (κ3) is 7.30. The van der Waals surface area contributed by atoms with E-state index in [1.54, 1.807) is 0 Å². The summed E-state index contributed by atoms with van der Waals surface area (Å²) in [6, 6.07) is 0. The van der Waals surface area contributed by atoms with E-state index < -0.39 is 0 Å². The second-order valence-electron chi connectivity index (χ2n) is 6.52. The summed E-state index contributed by atoms with van der Waals surface area (Å²) < 4.78 is 0. The smallest absolute Gasteiger partial charge is 0.299 e. The Kier molecular flexibility index (Phi) is 9.73. The van der Waals surface area contributed by atoms with Crippen LogP contribution in [0.4, 0.5) is 0 Å². The van der Waals surface area contributed by atoms with Gasteiger partial charge in [0.05, 0.1) is 13.5 Å². The SMILES string of the molecule is CCCCCCC1C(CCCCCC)C1CC(=O)OOC. The molecule has 0 N–H and O–H groups in total. The van der Waals surface area contributed by atoms with Gasteiger partial charge >= 0.3 is 5.97 Å². The number of hydrogen-bond acceptors (Lipinski definition) is 3. The predicted octanol–water partition coefficient (Wildman–Crippen LogP) is 5.28. The third-order valence-electron chi connectivity index (χ3n) is 4.87. The predicted molar refractivity (Wildman–Crippen MR) is 85.7 cm³/mol. The molecule has 0 aliphatic heterocycles. The minimum absolute atomic E-state index is 0.197. The quantitative estimate of drug-likeness (QED) is 0.263. The molecule has 0 bridgehead atoms. The fraction of sp³-hybridized carbons (Fsp3) is 0.944. The summed E-state index contributed by atoms with van der Waals surface area (Å²) in [5.74, 6) is 1.87. The Hall–Kier alpha value is -0.570. The van der Waals surface area contributed by atoms with Crippen LogP contribution in [-0.2, 0) is 14.6 Å². The van der Waals surface area contributed by atoms with Gasteiger partial charge in [-0.1, -0.05) is 65.2 Å². The number of hydrogen-bond donors (Lipinski definition) is 0. The molecule has 0 saturated heterocycles. The van der Waals surface area contributed by atoms with E-state index in [1.807, 2.05) is 0 Å². The molecule has 0 spiro atoms. The van der Waals surface area contributed by atoms with Gasteiger partial charge in [-0.05, 0) is 30.6 Å². The van der Waals surface area contributed by atoms with Crippen LogP contribution in [0.2, 0.25) is 0 Å². The summed E-state index contributed by atoms with van der Waals surface area (Å²) >= 11 is 0. The molecule has 0 radical (unpaired) electrons. The summed E-state index contributed by atoms with van der Waals surface area (Å²) in [6.45, 7) is 4.49. The summed E-state index contributed by atoms with van der Waals surface area (Å²) in [5, 5.41) is 0. The van der Waals surface area contributed by atoms with Crippen molar-refractivity contribution in [3.05, 3.63) is 0 Å². The molecule has 2 atom stereocenters. The van der Waals surface area contributed by atoms with Crippen molar-refractivity contribution in [2.45, 2.75) is 84.5 Å². The van der Waals surface area contributed by atoms with E-state index in [4.69, 9.17) is 0 Å². The van der Waals surface area contributed by atoms with Crippen molar-refractivity contribution in [2.75, 3.05) is 7.11 Å². The van der Waals surface area contributed by atoms with E-state index in [9.17, 15) is 4.79 Å². The van der Waals surface area contributed by atoms with Gasteiger partial charge in [-0.2, -0.15) is 4.89 Å². The minimum atomic E-state index is -0.197. The molecular weight excluding hydrogens is 264 g/mol. The lowest BCUT2D eigenvalue weighted by molar-refractivity contribution is -0.255. The van der Waals surface area contributed by atoms with Gasteiger partial charge in [-0.3, -0.25) is 4.89 Å². The molecule has 1 fully saturated rings. The minimum Gasteiger partial charge on any atom is -0.299 e. The molecule has 0 aromatic heterocycles. The molecule has 1 aliphatic carbocycles. The van der Waals surface area contributed by atoms with Crippen molar-refractivity contribution in [2.24, 2.45) is 17.8 Å². The molecule has 124 valence electrons. The van der Waals surface area contributed by atoms with Crippen molar-refractivity contribution < 1.29 is 14.6 Å². The highest BCUT2D eigenvalue weighted by atomic mass is 17.2. The van der Waals surface area contributed by atoms with E-state index >= 15 is 0 Å². The zero-order chi connectivity index (χ0) is 15.5. The van der Waals surface area contributed by atoms with Gasteiger partial charge in [0, 0.05) is 0 Å². The first-order chi connectivity index (χ1) is 10.2. The molecular formula is C18H34O3. The summed E-state index contributed by atoms with van der Waals surface area (Å²) in [4.78, 5) is 20.7. The van der Waals surface area contributed by atoms with Crippen LogP contribution in [0.5, 0.6) is 0 Å². The van der Waals surface area contributed by atoms with Crippen LogP contribution < -0.4 is 0 Å². The largest absolute Gasteiger partial charge is 0.342 e. The fourth-order valence-electron chi connectivity index (χ4n) is 3.62. The van der Waals surface area contributed by atoms with Crippen molar-refractivity contribution in [1.82, 2.24) is 0 Å². The van der Waals surface area contributed by atoms with E-state index in [1.165, 1.54) is 71.3 Å². The van der Waals surface area contributed by atoms with Gasteiger partial charge < -0.3 is 0 Å². The molecule has 3 heteroatoms. The average molecular weight is 298 g/mol. The zero-order valence-corrected chi connectivity index (χ0v) is 14.2. The van der Waals surface area contributed by atoms with Gasteiger partial charge in [0.25, 0.3) is 0 Å². The van der Waals surface area contributed by atoms with Gasteiger partial charge in [0.2, 0.25) is 0 Å². The molecule has 1 rings (SSSR count). The molecule has 1 aliphatic rings. The average Bonchev–Trinajstić information content (AvgIpc) is 3.11. The Morgan fingerprint density at radius 3 is 1.76 bits per heavy atom. The van der Waals surface area contributed by atoms with Crippen LogP contribution in [0.25, 0.3) is 0 Å². The summed E-state index contributed by atoms with van der Waals surface area (Å²) in [7, 11) is 1.40. The Morgan fingerprint density at radius 2 is 1.33 bits per heavy atom. The van der Waals surface area contributed by atoms with Crippen LogP contribution in [0.15, 0.2) is 0 Å². The van der Waals surface area contributed by atoms with Crippen LogP contribution >= 0.6 is 0 Å². The monoisotopic (exact) mass is 298 g/mol. The maximum absolute atomic E-state index is 11.6. The van der Waals surface area contributed by atoms with Gasteiger partial charge in [0.1, 0.15) is 0 Å². The molecule has 1 saturated carbocycles. The number of rotatable bonds is 13. The van der Waals surface area contributed by atoms with Crippen LogP contribution in [0.1, 0.15) is 84.5 Å². The highest BCUT2D eigenvalue weighted by Crippen LogP contribution is 2.54. The second kappa shape index (κ2) is 11.1. The van der Waals surface area contributed by atoms with Crippen LogP contribution in [0.3, 0.4) is 0 Å². The van der Waals surface area contributed by atoms with Crippen molar-refractivity contribution in [3.8, 4) is 0 Å². The van der Waals surface area contributed by atoms with E-state index in [0.717, 1.165) is 11.8 Å². The van der Waals surface area contributed by atoms with E-state index in [0.29, 0.717) is 12.3 Å². The molecule has 3 nitrogen and oxygen atoms in total. The van der Waals surface area contributed by atoms with Gasteiger partial charge in [-0.25, -0.2) is 4.79 Å². The molecule has 2 unspecified atom stereocenters. The summed E-state index contributed by atoms with van der Waals surface area (Å²) in [6.07, 6.45) is 13.7. The lowest BCUT2D eigenvalue weighted by Gasteiger charge is -2.00. The van der Waals surface area contributed by atoms with Crippen molar-refractivity contribution in [3.63, 3.8) is 0 Å². The van der Waals surface area contributed by atoms with Crippen molar-refractivity contribution >= 4 is 5.97 Å². The molecule has 0 heterocycles. The maximum Gasteiger partial charge on any atom is 0.342 e. The molecule has 0 aromatic carbocycles.